The molecular formula is C14H20ClFN2OS. The van der Waals surface area contributed by atoms with Crippen molar-refractivity contribution in [3.63, 3.8) is 0 Å². The number of thioether (sulfide) groups is 1. The Kier molecular flexibility index (Phi) is 7.34. The maximum absolute atomic E-state index is 13.3. The second-order valence-corrected chi connectivity index (χ2v) is 5.59. The number of hydrogen-bond donors (Lipinski definition) is 1. The molecule has 1 aliphatic heterocycles. The van der Waals surface area contributed by atoms with Crippen LogP contribution in [-0.4, -0.2) is 42.4 Å². The SMILES string of the molecule is CSCCC(=O)N1CCNCC1c1cccc(F)c1.Cl. The molecule has 1 heterocycles. The van der Waals surface area contributed by atoms with E-state index >= 15 is 0 Å². The number of carbonyl (C=O) groups is 1. The van der Waals surface area contributed by atoms with Crippen LogP contribution in [-0.2, 0) is 4.79 Å². The average molecular weight is 319 g/mol. The topological polar surface area (TPSA) is 32.3 Å². The third-order valence-electron chi connectivity index (χ3n) is 3.32. The zero-order valence-electron chi connectivity index (χ0n) is 11.5. The quantitative estimate of drug-likeness (QED) is 0.925. The summed E-state index contributed by atoms with van der Waals surface area (Å²) in [5.74, 6) is 0.739. The third kappa shape index (κ3) is 4.36. The molecule has 1 fully saturated rings. The molecule has 0 bridgehead atoms. The summed E-state index contributed by atoms with van der Waals surface area (Å²) in [6, 6.07) is 6.48. The molecule has 112 valence electrons. The minimum atomic E-state index is -0.250. The van der Waals surface area contributed by atoms with Crippen LogP contribution in [0.2, 0.25) is 0 Å². The van der Waals surface area contributed by atoms with E-state index in [1.807, 2.05) is 17.2 Å². The Labute approximate surface area is 129 Å². The van der Waals surface area contributed by atoms with E-state index in [1.54, 1.807) is 17.8 Å². The Bertz CT molecular complexity index is 447. The van der Waals surface area contributed by atoms with Gasteiger partial charge in [0, 0.05) is 31.8 Å². The van der Waals surface area contributed by atoms with E-state index in [0.29, 0.717) is 19.5 Å². The monoisotopic (exact) mass is 318 g/mol. The first-order chi connectivity index (χ1) is 9.22. The zero-order chi connectivity index (χ0) is 13.7. The number of halogens is 2. The van der Waals surface area contributed by atoms with Crippen LogP contribution in [0.5, 0.6) is 0 Å². The lowest BCUT2D eigenvalue weighted by Gasteiger charge is -2.36. The molecular weight excluding hydrogens is 299 g/mol. The number of hydrogen-bond acceptors (Lipinski definition) is 3. The predicted molar refractivity (Wildman–Crippen MR) is 84.0 cm³/mol. The zero-order valence-corrected chi connectivity index (χ0v) is 13.1. The smallest absolute Gasteiger partial charge is 0.224 e. The fourth-order valence-corrected chi connectivity index (χ4v) is 2.73. The van der Waals surface area contributed by atoms with Crippen molar-refractivity contribution in [2.45, 2.75) is 12.5 Å². The van der Waals surface area contributed by atoms with Crippen LogP contribution >= 0.6 is 24.2 Å². The first-order valence-electron chi connectivity index (χ1n) is 6.47. The highest BCUT2D eigenvalue weighted by Gasteiger charge is 2.27. The standard InChI is InChI=1S/C14H19FN2OS.ClH/c1-19-8-5-14(18)17-7-6-16-10-13(17)11-3-2-4-12(15)9-11;/h2-4,9,13,16H,5-8,10H2,1H3;1H. The summed E-state index contributed by atoms with van der Waals surface area (Å²) >= 11 is 1.67. The third-order valence-corrected chi connectivity index (χ3v) is 3.93. The largest absolute Gasteiger partial charge is 0.333 e. The molecule has 1 unspecified atom stereocenters. The van der Waals surface area contributed by atoms with Gasteiger partial charge in [-0.05, 0) is 24.0 Å². The van der Waals surface area contributed by atoms with Gasteiger partial charge in [-0.1, -0.05) is 12.1 Å². The second kappa shape index (κ2) is 8.49. The van der Waals surface area contributed by atoms with Gasteiger partial charge in [0.2, 0.25) is 5.91 Å². The molecule has 1 saturated heterocycles. The van der Waals surface area contributed by atoms with Crippen LogP contribution < -0.4 is 5.32 Å². The van der Waals surface area contributed by atoms with Crippen molar-refractivity contribution >= 4 is 30.1 Å². The number of carbonyl (C=O) groups excluding carboxylic acids is 1. The van der Waals surface area contributed by atoms with Crippen LogP contribution in [0.1, 0.15) is 18.0 Å². The second-order valence-electron chi connectivity index (χ2n) is 4.60. The highest BCUT2D eigenvalue weighted by molar-refractivity contribution is 7.98. The summed E-state index contributed by atoms with van der Waals surface area (Å²) in [7, 11) is 0. The van der Waals surface area contributed by atoms with Crippen molar-refractivity contribution in [1.82, 2.24) is 10.2 Å². The van der Waals surface area contributed by atoms with E-state index in [-0.39, 0.29) is 30.2 Å². The molecule has 3 nitrogen and oxygen atoms in total. The molecule has 0 radical (unpaired) electrons. The number of piperazine rings is 1. The predicted octanol–water partition coefficient (Wildman–Crippen LogP) is 2.47. The Morgan fingerprint density at radius 2 is 2.35 bits per heavy atom. The normalized spacial score (nSPS) is 18.5. The van der Waals surface area contributed by atoms with Crippen LogP contribution in [0.25, 0.3) is 0 Å². The average Bonchev–Trinajstić information content (AvgIpc) is 2.45. The van der Waals surface area contributed by atoms with E-state index in [9.17, 15) is 9.18 Å². The summed E-state index contributed by atoms with van der Waals surface area (Å²) in [4.78, 5) is 14.1. The molecule has 0 aliphatic carbocycles. The van der Waals surface area contributed by atoms with Crippen molar-refractivity contribution in [3.05, 3.63) is 35.6 Å². The van der Waals surface area contributed by atoms with Crippen LogP contribution in [0.3, 0.4) is 0 Å². The summed E-state index contributed by atoms with van der Waals surface area (Å²) in [5.41, 5.74) is 0.865. The maximum Gasteiger partial charge on any atom is 0.224 e. The van der Waals surface area contributed by atoms with E-state index in [1.165, 1.54) is 12.1 Å². The van der Waals surface area contributed by atoms with Gasteiger partial charge >= 0.3 is 0 Å². The molecule has 0 spiro atoms. The fraction of sp³-hybridized carbons (Fsp3) is 0.500. The van der Waals surface area contributed by atoms with E-state index < -0.39 is 0 Å². The molecule has 1 N–H and O–H groups in total. The molecule has 1 atom stereocenters. The van der Waals surface area contributed by atoms with Gasteiger partial charge in [-0.3, -0.25) is 4.79 Å². The molecule has 0 saturated carbocycles. The maximum atomic E-state index is 13.3. The van der Waals surface area contributed by atoms with Crippen molar-refractivity contribution in [3.8, 4) is 0 Å². The number of rotatable bonds is 4. The molecule has 0 aromatic heterocycles. The Balaban J connectivity index is 0.00000200. The number of nitrogens with one attached hydrogen (secondary N) is 1. The van der Waals surface area contributed by atoms with Gasteiger partial charge in [0.15, 0.2) is 0 Å². The van der Waals surface area contributed by atoms with E-state index in [2.05, 4.69) is 5.32 Å². The highest BCUT2D eigenvalue weighted by atomic mass is 35.5. The van der Waals surface area contributed by atoms with Gasteiger partial charge in [-0.25, -0.2) is 4.39 Å². The first kappa shape index (κ1) is 17.3. The minimum Gasteiger partial charge on any atom is -0.333 e. The van der Waals surface area contributed by atoms with Gasteiger partial charge < -0.3 is 10.2 Å². The van der Waals surface area contributed by atoms with Crippen LogP contribution in [0.4, 0.5) is 4.39 Å². The van der Waals surface area contributed by atoms with Gasteiger partial charge in [-0.15, -0.1) is 12.4 Å². The minimum absolute atomic E-state index is 0. The Morgan fingerprint density at radius 1 is 1.55 bits per heavy atom. The summed E-state index contributed by atoms with van der Waals surface area (Å²) in [6.45, 7) is 2.18. The van der Waals surface area contributed by atoms with Gasteiger partial charge in [0.25, 0.3) is 0 Å². The molecule has 20 heavy (non-hydrogen) atoms. The lowest BCUT2D eigenvalue weighted by atomic mass is 10.0. The Hall–Kier alpha value is -0.780. The van der Waals surface area contributed by atoms with E-state index in [0.717, 1.165) is 17.9 Å². The van der Waals surface area contributed by atoms with Crippen LogP contribution in [0, 0.1) is 5.82 Å². The van der Waals surface area contributed by atoms with Crippen molar-refractivity contribution < 1.29 is 9.18 Å². The fourth-order valence-electron chi connectivity index (χ4n) is 2.35. The van der Waals surface area contributed by atoms with Gasteiger partial charge in [0.05, 0.1) is 6.04 Å². The molecule has 1 aromatic carbocycles. The van der Waals surface area contributed by atoms with Crippen molar-refractivity contribution in [2.75, 3.05) is 31.6 Å². The van der Waals surface area contributed by atoms with Crippen molar-refractivity contribution in [2.24, 2.45) is 0 Å². The highest BCUT2D eigenvalue weighted by Crippen LogP contribution is 2.23. The molecule has 6 heteroatoms. The Morgan fingerprint density at radius 3 is 3.05 bits per heavy atom. The van der Waals surface area contributed by atoms with Gasteiger partial charge in [0.1, 0.15) is 5.82 Å². The molecule has 2 rings (SSSR count). The summed E-state index contributed by atoms with van der Waals surface area (Å²) in [6.07, 6.45) is 2.54. The lowest BCUT2D eigenvalue weighted by Crippen LogP contribution is -2.48. The molecule has 1 aromatic rings. The number of nitrogens with zero attached hydrogens (tertiary/aromatic N) is 1. The van der Waals surface area contributed by atoms with Crippen LogP contribution in [0.15, 0.2) is 24.3 Å². The number of benzene rings is 1. The first-order valence-corrected chi connectivity index (χ1v) is 7.86. The lowest BCUT2D eigenvalue weighted by molar-refractivity contribution is -0.134. The van der Waals surface area contributed by atoms with E-state index in [4.69, 9.17) is 0 Å². The molecule has 1 aliphatic rings. The van der Waals surface area contributed by atoms with Gasteiger partial charge in [-0.2, -0.15) is 11.8 Å². The summed E-state index contributed by atoms with van der Waals surface area (Å²) < 4.78 is 13.3. The summed E-state index contributed by atoms with van der Waals surface area (Å²) in [5, 5.41) is 3.27. The molecule has 1 amide bonds. The number of amides is 1. The van der Waals surface area contributed by atoms with Crippen molar-refractivity contribution in [1.29, 1.82) is 0 Å².